The van der Waals surface area contributed by atoms with Crippen molar-refractivity contribution >= 4 is 11.4 Å². The van der Waals surface area contributed by atoms with Gasteiger partial charge in [0, 0.05) is 18.4 Å². The molecule has 0 radical (unpaired) electrons. The second-order valence-corrected chi connectivity index (χ2v) is 5.33. The predicted molar refractivity (Wildman–Crippen MR) is 75.5 cm³/mol. The highest BCUT2D eigenvalue weighted by molar-refractivity contribution is 6.00. The van der Waals surface area contributed by atoms with Crippen molar-refractivity contribution in [1.29, 1.82) is 0 Å². The van der Waals surface area contributed by atoms with Gasteiger partial charge < -0.3 is 10.6 Å². The molecule has 1 amide bonds. The summed E-state index contributed by atoms with van der Waals surface area (Å²) in [6, 6.07) is 0.155. The third-order valence-corrected chi connectivity index (χ3v) is 3.97. The molecule has 2 N–H and O–H groups in total. The average molecular weight is 273 g/mol. The van der Waals surface area contributed by atoms with E-state index in [-0.39, 0.29) is 11.9 Å². The Morgan fingerprint density at radius 3 is 3.25 bits per heavy atom. The fourth-order valence-electron chi connectivity index (χ4n) is 2.72. The number of hydrogen-bond acceptors (Lipinski definition) is 4. The first kappa shape index (κ1) is 13.1. The number of nitrogens with one attached hydrogen (secondary N) is 2. The molecule has 0 spiro atoms. The fourth-order valence-corrected chi connectivity index (χ4v) is 2.72. The molecule has 2 atom stereocenters. The molecule has 0 saturated carbocycles. The first-order valence-corrected chi connectivity index (χ1v) is 7.04. The van der Waals surface area contributed by atoms with Gasteiger partial charge in [-0.2, -0.15) is 5.10 Å². The van der Waals surface area contributed by atoms with Gasteiger partial charge in [-0.15, -0.1) is 0 Å². The Hall–Kier alpha value is -1.95. The van der Waals surface area contributed by atoms with Gasteiger partial charge in [0.25, 0.3) is 5.91 Å². The molecule has 106 valence electrons. The molecule has 0 aliphatic carbocycles. The first-order chi connectivity index (χ1) is 9.75. The molecule has 1 aliphatic rings. The zero-order valence-electron chi connectivity index (χ0n) is 11.5. The number of rotatable bonds is 3. The smallest absolute Gasteiger partial charge is 0.255 e. The third-order valence-electron chi connectivity index (χ3n) is 3.97. The molecular formula is C14H19N5O. The maximum atomic E-state index is 12.4. The number of aromatic nitrogens is 3. The van der Waals surface area contributed by atoms with E-state index in [1.54, 1.807) is 29.3 Å². The van der Waals surface area contributed by atoms with Crippen molar-refractivity contribution in [3.63, 3.8) is 0 Å². The van der Waals surface area contributed by atoms with Crippen LogP contribution in [0.1, 0.15) is 30.1 Å². The van der Waals surface area contributed by atoms with Gasteiger partial charge in [-0.1, -0.05) is 0 Å². The molecule has 2 unspecified atom stereocenters. The van der Waals surface area contributed by atoms with Gasteiger partial charge in [0.15, 0.2) is 0 Å². The lowest BCUT2D eigenvalue weighted by atomic mass is 9.92. The Bertz CT molecular complexity index is 602. The summed E-state index contributed by atoms with van der Waals surface area (Å²) in [6.07, 6.45) is 8.97. The van der Waals surface area contributed by atoms with Crippen molar-refractivity contribution in [2.45, 2.75) is 25.8 Å². The van der Waals surface area contributed by atoms with Crippen molar-refractivity contribution < 1.29 is 4.79 Å². The Balaban J connectivity index is 1.72. The number of carbonyl (C=O) groups is 1. The molecule has 2 aromatic rings. The molecule has 1 fully saturated rings. The second kappa shape index (κ2) is 5.58. The van der Waals surface area contributed by atoms with Crippen LogP contribution in [0.5, 0.6) is 0 Å². The number of nitrogens with zero attached hydrogens (tertiary/aromatic N) is 3. The highest BCUT2D eigenvalue weighted by Crippen LogP contribution is 2.15. The maximum Gasteiger partial charge on any atom is 0.255 e. The number of amides is 1. The van der Waals surface area contributed by atoms with Gasteiger partial charge in [-0.25, -0.2) is 4.52 Å². The molecule has 20 heavy (non-hydrogen) atoms. The van der Waals surface area contributed by atoms with Gasteiger partial charge in [-0.05, 0) is 38.8 Å². The zero-order chi connectivity index (χ0) is 13.9. The van der Waals surface area contributed by atoms with Gasteiger partial charge >= 0.3 is 0 Å². The van der Waals surface area contributed by atoms with E-state index in [1.165, 1.54) is 6.42 Å². The summed E-state index contributed by atoms with van der Waals surface area (Å²) in [5.41, 5.74) is 1.31. The van der Waals surface area contributed by atoms with Crippen LogP contribution >= 0.6 is 0 Å². The molecule has 1 saturated heterocycles. The summed E-state index contributed by atoms with van der Waals surface area (Å²) in [5.74, 6) is 0.415. The molecule has 0 bridgehead atoms. The van der Waals surface area contributed by atoms with E-state index in [0.717, 1.165) is 25.0 Å². The van der Waals surface area contributed by atoms with Gasteiger partial charge in [0.1, 0.15) is 0 Å². The first-order valence-electron chi connectivity index (χ1n) is 7.04. The summed E-state index contributed by atoms with van der Waals surface area (Å²) in [7, 11) is 0. The monoisotopic (exact) mass is 273 g/mol. The molecule has 2 aromatic heterocycles. The molecule has 6 heteroatoms. The lowest BCUT2D eigenvalue weighted by Gasteiger charge is -2.28. The second-order valence-electron chi connectivity index (χ2n) is 5.33. The minimum atomic E-state index is -0.0777. The molecule has 0 aromatic carbocycles. The Kier molecular flexibility index (Phi) is 3.64. The van der Waals surface area contributed by atoms with Crippen molar-refractivity contribution in [1.82, 2.24) is 25.2 Å². The van der Waals surface area contributed by atoms with E-state index in [2.05, 4.69) is 27.6 Å². The third kappa shape index (κ3) is 2.51. The molecule has 1 aliphatic heterocycles. The lowest BCUT2D eigenvalue weighted by molar-refractivity contribution is 0.0923. The molecular weight excluding hydrogens is 254 g/mol. The predicted octanol–water partition coefficient (Wildman–Crippen LogP) is 0.847. The van der Waals surface area contributed by atoms with Crippen LogP contribution in [0.25, 0.3) is 5.52 Å². The van der Waals surface area contributed by atoms with E-state index in [4.69, 9.17) is 0 Å². The Labute approximate surface area is 117 Å². The van der Waals surface area contributed by atoms with E-state index in [1.807, 2.05) is 0 Å². The minimum Gasteiger partial charge on any atom is -0.349 e. The van der Waals surface area contributed by atoms with Crippen LogP contribution in [0.15, 0.2) is 24.8 Å². The average Bonchev–Trinajstić information content (AvgIpc) is 2.92. The Morgan fingerprint density at radius 1 is 1.55 bits per heavy atom. The SMILES string of the molecule is CC(NC(=O)c1cnn2ccncc12)C1CCCNC1. The summed E-state index contributed by atoms with van der Waals surface area (Å²) in [6.45, 7) is 4.12. The lowest BCUT2D eigenvalue weighted by Crippen LogP contribution is -2.44. The van der Waals surface area contributed by atoms with Crippen LogP contribution in [0.2, 0.25) is 0 Å². The van der Waals surface area contributed by atoms with Crippen molar-refractivity contribution in [3.05, 3.63) is 30.4 Å². The zero-order valence-corrected chi connectivity index (χ0v) is 11.5. The quantitative estimate of drug-likeness (QED) is 0.869. The van der Waals surface area contributed by atoms with Gasteiger partial charge in [0.05, 0.1) is 23.5 Å². The van der Waals surface area contributed by atoms with E-state index in [9.17, 15) is 4.79 Å². The van der Waals surface area contributed by atoms with E-state index < -0.39 is 0 Å². The number of piperidine rings is 1. The number of fused-ring (bicyclic) bond motifs is 1. The van der Waals surface area contributed by atoms with Crippen molar-refractivity contribution in [2.24, 2.45) is 5.92 Å². The van der Waals surface area contributed by atoms with E-state index in [0.29, 0.717) is 11.5 Å². The standard InChI is InChI=1S/C14H19N5O/c1-10(11-3-2-4-15-7-11)18-14(20)12-8-17-19-6-5-16-9-13(12)19/h5-6,8-11,15H,2-4,7H2,1H3,(H,18,20). The topological polar surface area (TPSA) is 71.3 Å². The fraction of sp³-hybridized carbons (Fsp3) is 0.500. The van der Waals surface area contributed by atoms with Crippen LogP contribution in [-0.4, -0.2) is 39.6 Å². The van der Waals surface area contributed by atoms with Crippen molar-refractivity contribution in [2.75, 3.05) is 13.1 Å². The Morgan fingerprint density at radius 2 is 2.45 bits per heavy atom. The van der Waals surface area contributed by atoms with Crippen LogP contribution in [-0.2, 0) is 0 Å². The highest BCUT2D eigenvalue weighted by atomic mass is 16.1. The van der Waals surface area contributed by atoms with Crippen LogP contribution < -0.4 is 10.6 Å². The van der Waals surface area contributed by atoms with Crippen LogP contribution in [0.4, 0.5) is 0 Å². The minimum absolute atomic E-state index is 0.0777. The van der Waals surface area contributed by atoms with Crippen molar-refractivity contribution in [3.8, 4) is 0 Å². The summed E-state index contributed by atoms with van der Waals surface area (Å²) in [5, 5.41) is 10.6. The normalized spacial score (nSPS) is 20.8. The highest BCUT2D eigenvalue weighted by Gasteiger charge is 2.22. The summed E-state index contributed by atoms with van der Waals surface area (Å²) >= 11 is 0. The number of carbonyl (C=O) groups excluding carboxylic acids is 1. The molecule has 3 heterocycles. The molecule has 6 nitrogen and oxygen atoms in total. The van der Waals surface area contributed by atoms with Crippen LogP contribution in [0, 0.1) is 5.92 Å². The summed E-state index contributed by atoms with van der Waals surface area (Å²) < 4.78 is 1.66. The largest absolute Gasteiger partial charge is 0.349 e. The molecule has 3 rings (SSSR count). The van der Waals surface area contributed by atoms with E-state index >= 15 is 0 Å². The van der Waals surface area contributed by atoms with Crippen LogP contribution in [0.3, 0.4) is 0 Å². The van der Waals surface area contributed by atoms with Gasteiger partial charge in [0.2, 0.25) is 0 Å². The maximum absolute atomic E-state index is 12.4. The van der Waals surface area contributed by atoms with Gasteiger partial charge in [-0.3, -0.25) is 9.78 Å². The summed E-state index contributed by atoms with van der Waals surface area (Å²) in [4.78, 5) is 16.4. The number of hydrogen-bond donors (Lipinski definition) is 2.